The molecule has 1 heterocycles. The lowest BCUT2D eigenvalue weighted by atomic mass is 10.0. The van der Waals surface area contributed by atoms with Crippen LogP contribution in [0, 0.1) is 0 Å². The molecule has 68 valence electrons. The number of fused-ring (bicyclic) bond motifs is 1. The first-order chi connectivity index (χ1) is 6.27. The number of aryl methyl sites for hydroxylation is 1. The highest BCUT2D eigenvalue weighted by Crippen LogP contribution is 2.16. The van der Waals surface area contributed by atoms with Crippen LogP contribution in [-0.4, -0.2) is 10.9 Å². The smallest absolute Gasteiger partial charge is 0.237 e. The monoisotopic (exact) mass is 176 g/mol. The van der Waals surface area contributed by atoms with Crippen molar-refractivity contribution in [1.82, 2.24) is 5.01 Å². The zero-order valence-corrected chi connectivity index (χ0v) is 7.36. The minimum Gasteiger partial charge on any atom is -0.276 e. The number of carbonyl (C=O) groups excluding carboxylic acids is 1. The summed E-state index contributed by atoms with van der Waals surface area (Å²) in [5.41, 5.74) is 2.40. The standard InChI is InChI=1S/C10H12N2O/c11-12-7-9-4-2-1-3-8(9)5-6-10(12)13/h1-4H,5-7,11H2. The van der Waals surface area contributed by atoms with Crippen molar-refractivity contribution in [1.29, 1.82) is 0 Å². The van der Waals surface area contributed by atoms with E-state index in [9.17, 15) is 4.79 Å². The summed E-state index contributed by atoms with van der Waals surface area (Å²) in [6.45, 7) is 0.537. The largest absolute Gasteiger partial charge is 0.276 e. The highest BCUT2D eigenvalue weighted by atomic mass is 16.2. The van der Waals surface area contributed by atoms with E-state index in [4.69, 9.17) is 5.84 Å². The van der Waals surface area contributed by atoms with Crippen LogP contribution in [0.3, 0.4) is 0 Å². The number of amides is 1. The van der Waals surface area contributed by atoms with Gasteiger partial charge in [0.2, 0.25) is 5.91 Å². The Morgan fingerprint density at radius 1 is 1.15 bits per heavy atom. The first-order valence-electron chi connectivity index (χ1n) is 4.39. The zero-order chi connectivity index (χ0) is 9.26. The Hall–Kier alpha value is -1.35. The molecule has 0 spiro atoms. The summed E-state index contributed by atoms with van der Waals surface area (Å²) in [6.07, 6.45) is 1.33. The maximum atomic E-state index is 11.3. The van der Waals surface area contributed by atoms with E-state index >= 15 is 0 Å². The number of nitrogens with zero attached hydrogens (tertiary/aromatic N) is 1. The summed E-state index contributed by atoms with van der Waals surface area (Å²) in [4.78, 5) is 11.3. The number of benzene rings is 1. The first kappa shape index (κ1) is 8.26. The molecule has 0 saturated carbocycles. The fraction of sp³-hybridized carbons (Fsp3) is 0.300. The second-order valence-electron chi connectivity index (χ2n) is 3.29. The van der Waals surface area contributed by atoms with Crippen molar-refractivity contribution in [3.05, 3.63) is 35.4 Å². The SMILES string of the molecule is NN1Cc2ccccc2CCC1=O. The Balaban J connectivity index is 2.35. The predicted molar refractivity (Wildman–Crippen MR) is 49.5 cm³/mol. The highest BCUT2D eigenvalue weighted by molar-refractivity contribution is 5.76. The van der Waals surface area contributed by atoms with Crippen LogP contribution < -0.4 is 5.84 Å². The van der Waals surface area contributed by atoms with Gasteiger partial charge in [-0.1, -0.05) is 24.3 Å². The van der Waals surface area contributed by atoms with Gasteiger partial charge in [-0.3, -0.25) is 9.80 Å². The second-order valence-corrected chi connectivity index (χ2v) is 3.29. The molecule has 0 aromatic heterocycles. The average Bonchev–Trinajstić information content (AvgIpc) is 2.28. The normalized spacial score (nSPS) is 16.7. The number of hydrogen-bond donors (Lipinski definition) is 1. The summed E-state index contributed by atoms with van der Waals surface area (Å²) in [6, 6.07) is 8.05. The van der Waals surface area contributed by atoms with Gasteiger partial charge < -0.3 is 0 Å². The molecule has 0 unspecified atom stereocenters. The highest BCUT2D eigenvalue weighted by Gasteiger charge is 2.16. The van der Waals surface area contributed by atoms with E-state index in [0.717, 1.165) is 12.0 Å². The van der Waals surface area contributed by atoms with Crippen LogP contribution in [0.25, 0.3) is 0 Å². The van der Waals surface area contributed by atoms with Gasteiger partial charge in [0.25, 0.3) is 0 Å². The van der Waals surface area contributed by atoms with Crippen LogP contribution >= 0.6 is 0 Å². The third kappa shape index (κ3) is 1.55. The zero-order valence-electron chi connectivity index (χ0n) is 7.36. The Bertz CT molecular complexity index is 335. The molecule has 1 aliphatic heterocycles. The quantitative estimate of drug-likeness (QED) is 0.470. The summed E-state index contributed by atoms with van der Waals surface area (Å²) in [5.74, 6) is 5.60. The molecule has 13 heavy (non-hydrogen) atoms. The van der Waals surface area contributed by atoms with Gasteiger partial charge in [-0.2, -0.15) is 0 Å². The van der Waals surface area contributed by atoms with Gasteiger partial charge in [0, 0.05) is 6.42 Å². The minimum absolute atomic E-state index is 0.0243. The molecule has 0 saturated heterocycles. The lowest BCUT2D eigenvalue weighted by molar-refractivity contribution is -0.131. The van der Waals surface area contributed by atoms with Crippen LogP contribution in [-0.2, 0) is 17.8 Å². The van der Waals surface area contributed by atoms with Gasteiger partial charge in [0.1, 0.15) is 0 Å². The average molecular weight is 176 g/mol. The van der Waals surface area contributed by atoms with E-state index < -0.39 is 0 Å². The van der Waals surface area contributed by atoms with Crippen molar-refractivity contribution in [2.24, 2.45) is 5.84 Å². The lowest BCUT2D eigenvalue weighted by Gasteiger charge is -2.13. The molecule has 0 atom stereocenters. The van der Waals surface area contributed by atoms with Gasteiger partial charge in [0.05, 0.1) is 6.54 Å². The van der Waals surface area contributed by atoms with Crippen molar-refractivity contribution in [2.45, 2.75) is 19.4 Å². The summed E-state index contributed by atoms with van der Waals surface area (Å²) < 4.78 is 0. The Labute approximate surface area is 77.1 Å². The Kier molecular flexibility index (Phi) is 2.02. The molecule has 0 bridgehead atoms. The van der Waals surface area contributed by atoms with Crippen molar-refractivity contribution < 1.29 is 4.79 Å². The molecule has 1 amide bonds. The Morgan fingerprint density at radius 3 is 2.62 bits per heavy atom. The third-order valence-electron chi connectivity index (χ3n) is 2.39. The van der Waals surface area contributed by atoms with E-state index in [1.807, 2.05) is 18.2 Å². The maximum Gasteiger partial charge on any atom is 0.237 e. The molecule has 0 aliphatic carbocycles. The van der Waals surface area contributed by atoms with E-state index in [1.54, 1.807) is 0 Å². The lowest BCUT2D eigenvalue weighted by Crippen LogP contribution is -2.35. The van der Waals surface area contributed by atoms with Crippen LogP contribution in [0.4, 0.5) is 0 Å². The van der Waals surface area contributed by atoms with Gasteiger partial charge >= 0.3 is 0 Å². The van der Waals surface area contributed by atoms with E-state index in [-0.39, 0.29) is 5.91 Å². The predicted octanol–water partition coefficient (Wildman–Crippen LogP) is 0.835. The van der Waals surface area contributed by atoms with Crippen LogP contribution in [0.5, 0.6) is 0 Å². The van der Waals surface area contributed by atoms with Crippen molar-refractivity contribution >= 4 is 5.91 Å². The number of carbonyl (C=O) groups is 1. The van der Waals surface area contributed by atoms with Gasteiger partial charge in [-0.25, -0.2) is 5.84 Å². The third-order valence-corrected chi connectivity index (χ3v) is 2.39. The molecular weight excluding hydrogens is 164 g/mol. The summed E-state index contributed by atoms with van der Waals surface area (Å²) in [7, 11) is 0. The molecule has 2 N–H and O–H groups in total. The van der Waals surface area contributed by atoms with Gasteiger partial charge in [0.15, 0.2) is 0 Å². The molecule has 1 aromatic carbocycles. The van der Waals surface area contributed by atoms with E-state index in [1.165, 1.54) is 10.6 Å². The topological polar surface area (TPSA) is 46.3 Å². The fourth-order valence-corrected chi connectivity index (χ4v) is 1.61. The maximum absolute atomic E-state index is 11.3. The summed E-state index contributed by atoms with van der Waals surface area (Å²) >= 11 is 0. The van der Waals surface area contributed by atoms with Crippen LogP contribution in [0.15, 0.2) is 24.3 Å². The van der Waals surface area contributed by atoms with Crippen LogP contribution in [0.1, 0.15) is 17.5 Å². The number of rotatable bonds is 0. The molecule has 1 aromatic rings. The molecule has 0 radical (unpaired) electrons. The minimum atomic E-state index is 0.0243. The van der Waals surface area contributed by atoms with Gasteiger partial charge in [-0.05, 0) is 17.5 Å². The fourth-order valence-electron chi connectivity index (χ4n) is 1.61. The number of hydrogen-bond acceptors (Lipinski definition) is 2. The van der Waals surface area contributed by atoms with E-state index in [0.29, 0.717) is 13.0 Å². The first-order valence-corrected chi connectivity index (χ1v) is 4.39. The van der Waals surface area contributed by atoms with E-state index in [2.05, 4.69) is 6.07 Å². The number of hydrazine groups is 1. The second kappa shape index (κ2) is 3.18. The van der Waals surface area contributed by atoms with Crippen LogP contribution in [0.2, 0.25) is 0 Å². The molecule has 0 fully saturated rings. The summed E-state index contributed by atoms with van der Waals surface area (Å²) in [5, 5.41) is 1.30. The molecule has 2 rings (SSSR count). The molecule has 1 aliphatic rings. The molecule has 3 nitrogen and oxygen atoms in total. The molecular formula is C10H12N2O. The van der Waals surface area contributed by atoms with Crippen molar-refractivity contribution in [3.8, 4) is 0 Å². The van der Waals surface area contributed by atoms with Crippen molar-refractivity contribution in [2.75, 3.05) is 0 Å². The Morgan fingerprint density at radius 2 is 1.85 bits per heavy atom. The molecule has 3 heteroatoms. The van der Waals surface area contributed by atoms with Crippen molar-refractivity contribution in [3.63, 3.8) is 0 Å². The van der Waals surface area contributed by atoms with Gasteiger partial charge in [-0.15, -0.1) is 0 Å². The number of nitrogens with two attached hydrogens (primary N) is 1.